The summed E-state index contributed by atoms with van der Waals surface area (Å²) in [5, 5.41) is 13.6. The quantitative estimate of drug-likeness (QED) is 0.725. The molecule has 0 fully saturated rings. The Bertz CT molecular complexity index is 841. The molecule has 0 aromatic heterocycles. The van der Waals surface area contributed by atoms with Crippen LogP contribution in [0.1, 0.15) is 37.0 Å². The number of ether oxygens (including phenoxy) is 1. The number of fused-ring (bicyclic) bond motifs is 3. The van der Waals surface area contributed by atoms with Gasteiger partial charge in [-0.15, -0.1) is 0 Å². The van der Waals surface area contributed by atoms with Gasteiger partial charge in [0.15, 0.2) is 0 Å². The van der Waals surface area contributed by atoms with E-state index in [0.29, 0.717) is 12.8 Å². The van der Waals surface area contributed by atoms with Gasteiger partial charge in [0, 0.05) is 12.0 Å². The molecule has 0 aliphatic carbocycles. The van der Waals surface area contributed by atoms with Crippen LogP contribution in [0.2, 0.25) is 0 Å². The standard InChI is InChI=1S/C21H20O2/c1-2-21(22)14-19(16-9-4-3-5-10-16)23-18-13-12-15-8-6-7-11-17(15)20(18)21/h3-13,19,22H,2,14H2,1H3. The van der Waals surface area contributed by atoms with E-state index in [4.69, 9.17) is 4.74 Å². The fourth-order valence-corrected chi connectivity index (χ4v) is 3.61. The van der Waals surface area contributed by atoms with Crippen LogP contribution in [-0.2, 0) is 5.60 Å². The molecule has 2 atom stereocenters. The van der Waals surface area contributed by atoms with Crippen LogP contribution in [0.4, 0.5) is 0 Å². The lowest BCUT2D eigenvalue weighted by molar-refractivity contribution is -0.0331. The zero-order chi connectivity index (χ0) is 15.9. The first-order valence-electron chi connectivity index (χ1n) is 8.17. The summed E-state index contributed by atoms with van der Waals surface area (Å²) in [6.07, 6.45) is 1.13. The number of rotatable bonds is 2. The summed E-state index contributed by atoms with van der Waals surface area (Å²) in [6.45, 7) is 2.04. The molecule has 0 spiro atoms. The van der Waals surface area contributed by atoms with Gasteiger partial charge in [-0.2, -0.15) is 0 Å². The largest absolute Gasteiger partial charge is 0.485 e. The van der Waals surface area contributed by atoms with Gasteiger partial charge in [0.25, 0.3) is 0 Å². The molecule has 4 rings (SSSR count). The Kier molecular flexibility index (Phi) is 3.35. The van der Waals surface area contributed by atoms with Crippen LogP contribution in [0.3, 0.4) is 0 Å². The monoisotopic (exact) mass is 304 g/mol. The minimum atomic E-state index is -0.866. The highest BCUT2D eigenvalue weighted by Gasteiger charge is 2.40. The first kappa shape index (κ1) is 14.3. The van der Waals surface area contributed by atoms with Gasteiger partial charge in [-0.25, -0.2) is 0 Å². The summed E-state index contributed by atoms with van der Waals surface area (Å²) in [5.41, 5.74) is 1.18. The van der Waals surface area contributed by atoms with Gasteiger partial charge in [-0.05, 0) is 28.8 Å². The topological polar surface area (TPSA) is 29.5 Å². The van der Waals surface area contributed by atoms with Crippen molar-refractivity contribution in [2.75, 3.05) is 0 Å². The molecule has 0 radical (unpaired) electrons. The van der Waals surface area contributed by atoms with Crippen molar-refractivity contribution in [3.05, 3.63) is 77.9 Å². The molecule has 3 aromatic rings. The van der Waals surface area contributed by atoms with Gasteiger partial charge < -0.3 is 9.84 Å². The molecular weight excluding hydrogens is 284 g/mol. The van der Waals surface area contributed by atoms with Crippen molar-refractivity contribution < 1.29 is 9.84 Å². The third kappa shape index (κ3) is 2.30. The van der Waals surface area contributed by atoms with E-state index in [2.05, 4.69) is 30.3 Å². The van der Waals surface area contributed by atoms with Gasteiger partial charge in [0.1, 0.15) is 11.9 Å². The van der Waals surface area contributed by atoms with E-state index < -0.39 is 5.60 Å². The highest BCUT2D eigenvalue weighted by Crippen LogP contribution is 2.48. The Morgan fingerprint density at radius 3 is 2.52 bits per heavy atom. The summed E-state index contributed by atoms with van der Waals surface area (Å²) in [6, 6.07) is 22.4. The Hall–Kier alpha value is -2.32. The Morgan fingerprint density at radius 1 is 1.00 bits per heavy atom. The molecule has 0 amide bonds. The number of benzene rings is 3. The molecule has 3 aromatic carbocycles. The first-order valence-corrected chi connectivity index (χ1v) is 8.17. The van der Waals surface area contributed by atoms with Gasteiger partial charge >= 0.3 is 0 Å². The highest BCUT2D eigenvalue weighted by molar-refractivity contribution is 5.88. The van der Waals surface area contributed by atoms with E-state index >= 15 is 0 Å². The van der Waals surface area contributed by atoms with Crippen LogP contribution in [0.5, 0.6) is 5.75 Å². The molecule has 2 nitrogen and oxygen atoms in total. The Labute approximate surface area is 136 Å². The number of hydrogen-bond donors (Lipinski definition) is 1. The third-order valence-corrected chi connectivity index (χ3v) is 4.90. The summed E-state index contributed by atoms with van der Waals surface area (Å²) in [5.74, 6) is 0.799. The lowest BCUT2D eigenvalue weighted by atomic mass is 9.79. The maximum atomic E-state index is 11.4. The number of aliphatic hydroxyl groups is 1. The molecular formula is C21H20O2. The smallest absolute Gasteiger partial charge is 0.127 e. The predicted octanol–water partition coefficient (Wildman–Crippen LogP) is 4.96. The maximum absolute atomic E-state index is 11.4. The van der Waals surface area contributed by atoms with Crippen LogP contribution in [-0.4, -0.2) is 5.11 Å². The second kappa shape index (κ2) is 5.39. The van der Waals surface area contributed by atoms with Crippen LogP contribution >= 0.6 is 0 Å². The Balaban J connectivity index is 1.89. The molecule has 116 valence electrons. The lowest BCUT2D eigenvalue weighted by Crippen LogP contribution is -2.34. The second-order valence-electron chi connectivity index (χ2n) is 6.27. The summed E-state index contributed by atoms with van der Waals surface area (Å²) >= 11 is 0. The van der Waals surface area contributed by atoms with Crippen molar-refractivity contribution in [2.24, 2.45) is 0 Å². The van der Waals surface area contributed by atoms with Crippen LogP contribution in [0.25, 0.3) is 10.8 Å². The molecule has 2 unspecified atom stereocenters. The van der Waals surface area contributed by atoms with E-state index in [1.165, 1.54) is 0 Å². The molecule has 1 aliphatic rings. The van der Waals surface area contributed by atoms with Crippen molar-refractivity contribution in [1.82, 2.24) is 0 Å². The SMILES string of the molecule is CCC1(O)CC(c2ccccc2)Oc2ccc3ccccc3c21. The van der Waals surface area contributed by atoms with Crippen molar-refractivity contribution in [1.29, 1.82) is 0 Å². The Morgan fingerprint density at radius 2 is 1.74 bits per heavy atom. The van der Waals surface area contributed by atoms with E-state index in [0.717, 1.165) is 27.6 Å². The minimum Gasteiger partial charge on any atom is -0.485 e. The van der Waals surface area contributed by atoms with Gasteiger partial charge in [0.2, 0.25) is 0 Å². The van der Waals surface area contributed by atoms with E-state index in [1.54, 1.807) is 0 Å². The van der Waals surface area contributed by atoms with Crippen LogP contribution in [0.15, 0.2) is 66.7 Å². The van der Waals surface area contributed by atoms with E-state index in [1.807, 2.05) is 43.3 Å². The average molecular weight is 304 g/mol. The minimum absolute atomic E-state index is 0.116. The van der Waals surface area contributed by atoms with Crippen LogP contribution < -0.4 is 4.74 Å². The molecule has 2 heteroatoms. The summed E-state index contributed by atoms with van der Waals surface area (Å²) in [7, 11) is 0. The molecule has 0 saturated heterocycles. The summed E-state index contributed by atoms with van der Waals surface area (Å²) in [4.78, 5) is 0. The van der Waals surface area contributed by atoms with Gasteiger partial charge in [-0.1, -0.05) is 67.6 Å². The normalized spacial score (nSPS) is 23.3. The molecule has 1 heterocycles. The number of hydrogen-bond acceptors (Lipinski definition) is 2. The summed E-state index contributed by atoms with van der Waals surface area (Å²) < 4.78 is 6.26. The van der Waals surface area contributed by atoms with Crippen molar-refractivity contribution in [2.45, 2.75) is 31.5 Å². The zero-order valence-electron chi connectivity index (χ0n) is 13.2. The lowest BCUT2D eigenvalue weighted by Gasteiger charge is -2.39. The molecule has 1 N–H and O–H groups in total. The molecule has 1 aliphatic heterocycles. The van der Waals surface area contributed by atoms with Crippen molar-refractivity contribution in [3.63, 3.8) is 0 Å². The van der Waals surface area contributed by atoms with Gasteiger partial charge in [-0.3, -0.25) is 0 Å². The average Bonchev–Trinajstić information content (AvgIpc) is 2.62. The molecule has 0 saturated carbocycles. The maximum Gasteiger partial charge on any atom is 0.127 e. The highest BCUT2D eigenvalue weighted by atomic mass is 16.5. The first-order chi connectivity index (χ1) is 11.2. The van der Waals surface area contributed by atoms with Crippen molar-refractivity contribution >= 4 is 10.8 Å². The van der Waals surface area contributed by atoms with Crippen LogP contribution in [0, 0.1) is 0 Å². The van der Waals surface area contributed by atoms with Gasteiger partial charge in [0.05, 0.1) is 5.60 Å². The predicted molar refractivity (Wildman–Crippen MR) is 92.6 cm³/mol. The zero-order valence-corrected chi connectivity index (χ0v) is 13.2. The fourth-order valence-electron chi connectivity index (χ4n) is 3.61. The third-order valence-electron chi connectivity index (χ3n) is 4.90. The molecule has 23 heavy (non-hydrogen) atoms. The molecule has 0 bridgehead atoms. The van der Waals surface area contributed by atoms with E-state index in [-0.39, 0.29) is 6.10 Å². The van der Waals surface area contributed by atoms with E-state index in [9.17, 15) is 5.11 Å². The fraction of sp³-hybridized carbons (Fsp3) is 0.238. The second-order valence-corrected chi connectivity index (χ2v) is 6.27. The van der Waals surface area contributed by atoms with Crippen molar-refractivity contribution in [3.8, 4) is 5.75 Å².